The second-order valence-corrected chi connectivity index (χ2v) is 6.10. The highest BCUT2D eigenvalue weighted by atomic mass is 14.9. The highest BCUT2D eigenvalue weighted by Gasteiger charge is 2.26. The van der Waals surface area contributed by atoms with Gasteiger partial charge >= 0.3 is 0 Å². The monoisotopic (exact) mass is 224 g/mol. The van der Waals surface area contributed by atoms with Crippen molar-refractivity contribution in [1.29, 1.82) is 0 Å². The van der Waals surface area contributed by atoms with Crippen molar-refractivity contribution in [2.45, 2.75) is 57.9 Å². The van der Waals surface area contributed by atoms with Crippen molar-refractivity contribution in [3.8, 4) is 0 Å². The molecule has 2 aliphatic rings. The smallest absolute Gasteiger partial charge is 0.00416 e. The summed E-state index contributed by atoms with van der Waals surface area (Å²) < 4.78 is 0. The first-order valence-corrected chi connectivity index (χ1v) is 7.22. The maximum Gasteiger partial charge on any atom is 0.00416 e. The summed E-state index contributed by atoms with van der Waals surface area (Å²) in [5.41, 5.74) is 5.98. The third-order valence-electron chi connectivity index (χ3n) is 4.75. The van der Waals surface area contributed by atoms with Gasteiger partial charge in [-0.05, 0) is 62.9 Å². The molecule has 1 saturated carbocycles. The first-order chi connectivity index (χ1) is 7.75. The van der Waals surface area contributed by atoms with Crippen molar-refractivity contribution in [2.75, 3.05) is 13.1 Å². The van der Waals surface area contributed by atoms with E-state index in [0.29, 0.717) is 6.04 Å². The molecule has 2 fully saturated rings. The Bertz CT molecular complexity index is 199. The Morgan fingerprint density at radius 2 is 2.19 bits per heavy atom. The molecule has 0 amide bonds. The van der Waals surface area contributed by atoms with Crippen molar-refractivity contribution < 1.29 is 0 Å². The second kappa shape index (κ2) is 6.02. The summed E-state index contributed by atoms with van der Waals surface area (Å²) >= 11 is 0. The molecule has 0 spiro atoms. The van der Waals surface area contributed by atoms with Gasteiger partial charge in [-0.1, -0.05) is 19.8 Å². The number of nitrogens with one attached hydrogen (secondary N) is 1. The molecule has 3 N–H and O–H groups in total. The summed E-state index contributed by atoms with van der Waals surface area (Å²) in [5, 5.41) is 3.45. The molecule has 2 rings (SSSR count). The van der Waals surface area contributed by atoms with Crippen LogP contribution in [-0.4, -0.2) is 19.1 Å². The maximum atomic E-state index is 5.98. The summed E-state index contributed by atoms with van der Waals surface area (Å²) in [4.78, 5) is 0. The summed E-state index contributed by atoms with van der Waals surface area (Å²) in [6, 6.07) is 0.506. The summed E-state index contributed by atoms with van der Waals surface area (Å²) in [6.45, 7) is 4.95. The Kier molecular flexibility index (Phi) is 4.66. The van der Waals surface area contributed by atoms with Crippen LogP contribution < -0.4 is 11.1 Å². The van der Waals surface area contributed by atoms with Crippen LogP contribution in [0.25, 0.3) is 0 Å². The van der Waals surface area contributed by atoms with E-state index in [1.54, 1.807) is 0 Å². The topological polar surface area (TPSA) is 38.0 Å². The Morgan fingerprint density at radius 1 is 1.31 bits per heavy atom. The number of hydrogen-bond donors (Lipinski definition) is 2. The molecule has 0 aromatic carbocycles. The van der Waals surface area contributed by atoms with Gasteiger partial charge in [0.05, 0.1) is 0 Å². The van der Waals surface area contributed by atoms with E-state index in [0.717, 1.165) is 17.8 Å². The lowest BCUT2D eigenvalue weighted by Crippen LogP contribution is -2.17. The first kappa shape index (κ1) is 12.4. The van der Waals surface area contributed by atoms with Crippen molar-refractivity contribution in [3.05, 3.63) is 0 Å². The molecule has 0 aromatic heterocycles. The molecule has 2 heteroatoms. The molecule has 0 radical (unpaired) electrons. The van der Waals surface area contributed by atoms with E-state index in [9.17, 15) is 0 Å². The molecule has 4 atom stereocenters. The minimum Gasteiger partial charge on any atom is -0.328 e. The molecule has 1 saturated heterocycles. The van der Waals surface area contributed by atoms with Gasteiger partial charge in [0, 0.05) is 6.04 Å². The lowest BCUT2D eigenvalue weighted by atomic mass is 9.87. The van der Waals surface area contributed by atoms with E-state index in [2.05, 4.69) is 12.2 Å². The Hall–Kier alpha value is -0.0800. The normalized spacial score (nSPS) is 36.8. The van der Waals surface area contributed by atoms with E-state index in [4.69, 9.17) is 5.73 Å². The number of nitrogens with two attached hydrogens (primary N) is 1. The highest BCUT2D eigenvalue weighted by molar-refractivity contribution is 4.81. The molecule has 1 aliphatic carbocycles. The van der Waals surface area contributed by atoms with Gasteiger partial charge in [-0.25, -0.2) is 0 Å². The van der Waals surface area contributed by atoms with E-state index in [1.165, 1.54) is 58.0 Å². The third-order valence-corrected chi connectivity index (χ3v) is 4.75. The fraction of sp³-hybridized carbons (Fsp3) is 1.00. The van der Waals surface area contributed by atoms with Crippen LogP contribution in [0.5, 0.6) is 0 Å². The van der Waals surface area contributed by atoms with Crippen LogP contribution in [-0.2, 0) is 0 Å². The zero-order valence-electron chi connectivity index (χ0n) is 10.8. The van der Waals surface area contributed by atoms with Crippen molar-refractivity contribution in [1.82, 2.24) is 5.32 Å². The van der Waals surface area contributed by atoms with Gasteiger partial charge in [0.25, 0.3) is 0 Å². The van der Waals surface area contributed by atoms with Crippen molar-refractivity contribution in [2.24, 2.45) is 23.5 Å². The van der Waals surface area contributed by atoms with Gasteiger partial charge in [0.2, 0.25) is 0 Å². The molecule has 94 valence electrons. The van der Waals surface area contributed by atoms with Gasteiger partial charge in [0.15, 0.2) is 0 Å². The zero-order chi connectivity index (χ0) is 11.4. The Morgan fingerprint density at radius 3 is 2.81 bits per heavy atom. The highest BCUT2D eigenvalue weighted by Crippen LogP contribution is 2.33. The van der Waals surface area contributed by atoms with E-state index in [-0.39, 0.29) is 0 Å². The molecular formula is C14H28N2. The molecule has 1 aliphatic heterocycles. The van der Waals surface area contributed by atoms with Crippen LogP contribution in [0.1, 0.15) is 51.9 Å². The lowest BCUT2D eigenvalue weighted by Gasteiger charge is -2.19. The molecule has 16 heavy (non-hydrogen) atoms. The summed E-state index contributed by atoms with van der Waals surface area (Å²) in [6.07, 6.45) is 9.63. The molecule has 0 aromatic rings. The van der Waals surface area contributed by atoms with Crippen LogP contribution in [0.3, 0.4) is 0 Å². The average molecular weight is 224 g/mol. The van der Waals surface area contributed by atoms with Gasteiger partial charge in [-0.2, -0.15) is 0 Å². The van der Waals surface area contributed by atoms with Crippen molar-refractivity contribution in [3.63, 3.8) is 0 Å². The standard InChI is InChI=1S/C14H28N2/c1-11(13-5-6-14(15)9-13)3-2-4-12-7-8-16-10-12/h11-14,16H,2-10,15H2,1H3. The fourth-order valence-corrected chi connectivity index (χ4v) is 3.49. The van der Waals surface area contributed by atoms with E-state index >= 15 is 0 Å². The lowest BCUT2D eigenvalue weighted by molar-refractivity contribution is 0.322. The molecule has 2 nitrogen and oxygen atoms in total. The van der Waals surface area contributed by atoms with E-state index < -0.39 is 0 Å². The summed E-state index contributed by atoms with van der Waals surface area (Å²) in [5.74, 6) is 2.80. The zero-order valence-corrected chi connectivity index (χ0v) is 10.8. The Labute approximate surface area is 100 Å². The Balaban J connectivity index is 1.58. The average Bonchev–Trinajstić information content (AvgIpc) is 2.89. The third kappa shape index (κ3) is 3.46. The van der Waals surface area contributed by atoms with Crippen LogP contribution in [0, 0.1) is 17.8 Å². The van der Waals surface area contributed by atoms with Crippen LogP contribution in [0.2, 0.25) is 0 Å². The van der Waals surface area contributed by atoms with Crippen molar-refractivity contribution >= 4 is 0 Å². The maximum absolute atomic E-state index is 5.98. The minimum atomic E-state index is 0.506. The fourth-order valence-electron chi connectivity index (χ4n) is 3.49. The van der Waals surface area contributed by atoms with Crippen LogP contribution >= 0.6 is 0 Å². The second-order valence-electron chi connectivity index (χ2n) is 6.10. The van der Waals surface area contributed by atoms with Gasteiger partial charge < -0.3 is 11.1 Å². The van der Waals surface area contributed by atoms with Crippen LogP contribution in [0.15, 0.2) is 0 Å². The van der Waals surface area contributed by atoms with Gasteiger partial charge in [-0.15, -0.1) is 0 Å². The molecule has 4 unspecified atom stereocenters. The first-order valence-electron chi connectivity index (χ1n) is 7.22. The molecular weight excluding hydrogens is 196 g/mol. The minimum absolute atomic E-state index is 0.506. The predicted molar refractivity (Wildman–Crippen MR) is 69.3 cm³/mol. The largest absolute Gasteiger partial charge is 0.328 e. The van der Waals surface area contributed by atoms with Gasteiger partial charge in [0.1, 0.15) is 0 Å². The molecule has 1 heterocycles. The molecule has 0 bridgehead atoms. The predicted octanol–water partition coefficient (Wildman–Crippen LogP) is 2.53. The number of rotatable bonds is 5. The van der Waals surface area contributed by atoms with E-state index in [1.807, 2.05) is 0 Å². The summed E-state index contributed by atoms with van der Waals surface area (Å²) in [7, 11) is 0. The van der Waals surface area contributed by atoms with Crippen LogP contribution in [0.4, 0.5) is 0 Å². The SMILES string of the molecule is CC(CCCC1CCNC1)C1CCC(N)C1. The van der Waals surface area contributed by atoms with Gasteiger partial charge in [-0.3, -0.25) is 0 Å². The number of hydrogen-bond acceptors (Lipinski definition) is 2. The quantitative estimate of drug-likeness (QED) is 0.753.